The normalized spacial score (nSPS) is 10.9. The second-order valence-corrected chi connectivity index (χ2v) is 3.07. The molecule has 80 valence electrons. The molecule has 0 bridgehead atoms. The van der Waals surface area contributed by atoms with E-state index >= 15 is 0 Å². The van der Waals surface area contributed by atoms with E-state index in [1.165, 1.54) is 11.9 Å². The molecule has 0 aliphatic carbocycles. The Hall–Kier alpha value is -0.910. The summed E-state index contributed by atoms with van der Waals surface area (Å²) in [6, 6.07) is 0.0883. The van der Waals surface area contributed by atoms with Crippen LogP contribution in [0.1, 0.15) is 5.89 Å². The summed E-state index contributed by atoms with van der Waals surface area (Å²) >= 11 is 5.45. The Bertz CT molecular complexity index is 282. The lowest BCUT2D eigenvalue weighted by atomic mass is 10.5. The van der Waals surface area contributed by atoms with Crippen molar-refractivity contribution < 1.29 is 13.2 Å². The summed E-state index contributed by atoms with van der Waals surface area (Å²) in [5, 5.41) is 7.25. The van der Waals surface area contributed by atoms with E-state index in [9.17, 15) is 8.78 Å². The fourth-order valence-corrected chi connectivity index (χ4v) is 1.03. The number of aromatic nitrogens is 2. The third-order valence-electron chi connectivity index (χ3n) is 1.50. The molecule has 1 aromatic rings. The molecule has 0 N–H and O–H groups in total. The second-order valence-electron chi connectivity index (χ2n) is 2.69. The van der Waals surface area contributed by atoms with Crippen LogP contribution in [0.25, 0.3) is 0 Å². The van der Waals surface area contributed by atoms with Crippen LogP contribution in [0.3, 0.4) is 0 Å². The van der Waals surface area contributed by atoms with Gasteiger partial charge in [-0.05, 0) is 0 Å². The molecule has 0 aliphatic heterocycles. The maximum Gasteiger partial charge on any atom is 0.318 e. The van der Waals surface area contributed by atoms with Crippen molar-refractivity contribution in [2.45, 2.75) is 12.8 Å². The molecule has 0 aromatic carbocycles. The summed E-state index contributed by atoms with van der Waals surface area (Å²) in [5.41, 5.74) is 0. The highest BCUT2D eigenvalue weighted by atomic mass is 35.5. The van der Waals surface area contributed by atoms with Gasteiger partial charge in [-0.15, -0.1) is 16.7 Å². The molecule has 0 amide bonds. The van der Waals surface area contributed by atoms with Crippen LogP contribution < -0.4 is 4.90 Å². The molecule has 0 radical (unpaired) electrons. The summed E-state index contributed by atoms with van der Waals surface area (Å²) in [6.07, 6.45) is -1.99. The third kappa shape index (κ3) is 3.10. The van der Waals surface area contributed by atoms with Crippen molar-refractivity contribution in [1.29, 1.82) is 0 Å². The van der Waals surface area contributed by atoms with Gasteiger partial charge in [0.15, 0.2) is 0 Å². The first kappa shape index (κ1) is 11.2. The highest BCUT2D eigenvalue weighted by Crippen LogP contribution is 2.12. The Labute approximate surface area is 84.9 Å². The number of halogens is 3. The molecule has 0 saturated carbocycles. The summed E-state index contributed by atoms with van der Waals surface area (Å²) in [5.74, 6) is 0.719. The molecule has 1 rings (SSSR count). The predicted molar refractivity (Wildman–Crippen MR) is 48.0 cm³/mol. The topological polar surface area (TPSA) is 42.2 Å². The first-order valence-corrected chi connectivity index (χ1v) is 4.54. The number of nitrogens with zero attached hydrogens (tertiary/aromatic N) is 3. The first-order valence-electron chi connectivity index (χ1n) is 4.01. The molecule has 1 aromatic heterocycles. The van der Waals surface area contributed by atoms with Gasteiger partial charge in [0.05, 0.1) is 6.54 Å². The molecular formula is C7H10ClF2N3O. The van der Waals surface area contributed by atoms with Crippen LogP contribution in [0, 0.1) is 0 Å². The standard InChI is InChI=1S/C7H10ClF2N3O/c1-13(4-5(9)10)7-12-11-6(14-7)2-3-8/h5H,2-4H2,1H3. The van der Waals surface area contributed by atoms with E-state index in [-0.39, 0.29) is 6.01 Å². The Morgan fingerprint density at radius 2 is 2.21 bits per heavy atom. The zero-order chi connectivity index (χ0) is 10.6. The minimum atomic E-state index is -2.43. The first-order chi connectivity index (χ1) is 6.63. The number of aryl methyl sites for hydroxylation is 1. The Balaban J connectivity index is 2.57. The average molecular weight is 226 g/mol. The van der Waals surface area contributed by atoms with Crippen molar-refractivity contribution in [3.05, 3.63) is 5.89 Å². The quantitative estimate of drug-likeness (QED) is 0.713. The summed E-state index contributed by atoms with van der Waals surface area (Å²) in [6.45, 7) is -0.428. The zero-order valence-corrected chi connectivity index (χ0v) is 8.34. The SMILES string of the molecule is CN(CC(F)F)c1nnc(CCCl)o1. The van der Waals surface area contributed by atoms with Gasteiger partial charge in [0.25, 0.3) is 6.43 Å². The van der Waals surface area contributed by atoms with Crippen molar-refractivity contribution in [2.75, 3.05) is 24.4 Å². The number of hydrogen-bond acceptors (Lipinski definition) is 4. The van der Waals surface area contributed by atoms with Crippen LogP contribution in [-0.2, 0) is 6.42 Å². The molecule has 14 heavy (non-hydrogen) atoms. The molecule has 0 fully saturated rings. The van der Waals surface area contributed by atoms with Gasteiger partial charge in [-0.2, -0.15) is 0 Å². The molecule has 0 atom stereocenters. The van der Waals surface area contributed by atoms with E-state index in [2.05, 4.69) is 10.2 Å². The molecule has 0 unspecified atom stereocenters. The number of hydrogen-bond donors (Lipinski definition) is 0. The van der Waals surface area contributed by atoms with Gasteiger partial charge in [0.1, 0.15) is 0 Å². The van der Waals surface area contributed by atoms with Gasteiger partial charge in [0, 0.05) is 19.3 Å². The minimum Gasteiger partial charge on any atom is -0.408 e. The van der Waals surface area contributed by atoms with Crippen LogP contribution in [0.4, 0.5) is 14.8 Å². The Kier molecular flexibility index (Phi) is 4.06. The van der Waals surface area contributed by atoms with Gasteiger partial charge >= 0.3 is 6.01 Å². The summed E-state index contributed by atoms with van der Waals surface area (Å²) in [7, 11) is 1.46. The Morgan fingerprint density at radius 1 is 1.50 bits per heavy atom. The predicted octanol–water partition coefficient (Wildman–Crippen LogP) is 1.55. The fourth-order valence-electron chi connectivity index (χ4n) is 0.866. The van der Waals surface area contributed by atoms with Crippen molar-refractivity contribution in [1.82, 2.24) is 10.2 Å². The van der Waals surface area contributed by atoms with Crippen molar-refractivity contribution in [3.8, 4) is 0 Å². The van der Waals surface area contributed by atoms with E-state index < -0.39 is 13.0 Å². The monoisotopic (exact) mass is 225 g/mol. The van der Waals surface area contributed by atoms with Crippen LogP contribution in [0.5, 0.6) is 0 Å². The van der Waals surface area contributed by atoms with Crippen LogP contribution >= 0.6 is 11.6 Å². The maximum absolute atomic E-state index is 12.0. The van der Waals surface area contributed by atoms with Crippen molar-refractivity contribution in [3.63, 3.8) is 0 Å². The van der Waals surface area contributed by atoms with E-state index in [0.29, 0.717) is 18.2 Å². The number of rotatable bonds is 5. The van der Waals surface area contributed by atoms with Gasteiger partial charge in [-0.3, -0.25) is 0 Å². The third-order valence-corrected chi connectivity index (χ3v) is 1.69. The smallest absolute Gasteiger partial charge is 0.318 e. The largest absolute Gasteiger partial charge is 0.408 e. The van der Waals surface area contributed by atoms with Gasteiger partial charge in [-0.1, -0.05) is 5.10 Å². The molecule has 7 heteroatoms. The summed E-state index contributed by atoms with van der Waals surface area (Å²) < 4.78 is 29.0. The average Bonchev–Trinajstić information content (AvgIpc) is 2.52. The molecule has 0 saturated heterocycles. The van der Waals surface area contributed by atoms with Gasteiger partial charge < -0.3 is 9.32 Å². The van der Waals surface area contributed by atoms with E-state index in [1.807, 2.05) is 0 Å². The van der Waals surface area contributed by atoms with Gasteiger partial charge in [0.2, 0.25) is 5.89 Å². The van der Waals surface area contributed by atoms with E-state index in [4.69, 9.17) is 16.0 Å². The van der Waals surface area contributed by atoms with Gasteiger partial charge in [-0.25, -0.2) is 8.78 Å². The molecule has 0 spiro atoms. The lowest BCUT2D eigenvalue weighted by Gasteiger charge is -2.11. The number of anilines is 1. The molecule has 4 nitrogen and oxygen atoms in total. The molecular weight excluding hydrogens is 216 g/mol. The van der Waals surface area contributed by atoms with Crippen molar-refractivity contribution in [2.24, 2.45) is 0 Å². The Morgan fingerprint density at radius 3 is 2.79 bits per heavy atom. The van der Waals surface area contributed by atoms with Crippen LogP contribution in [0.15, 0.2) is 4.42 Å². The highest BCUT2D eigenvalue weighted by molar-refractivity contribution is 6.17. The van der Waals surface area contributed by atoms with Crippen LogP contribution in [0.2, 0.25) is 0 Å². The molecule has 1 heterocycles. The second kappa shape index (κ2) is 5.09. The highest BCUT2D eigenvalue weighted by Gasteiger charge is 2.14. The maximum atomic E-state index is 12.0. The minimum absolute atomic E-state index is 0.0883. The lowest BCUT2D eigenvalue weighted by Crippen LogP contribution is -2.24. The van der Waals surface area contributed by atoms with Crippen molar-refractivity contribution >= 4 is 17.6 Å². The lowest BCUT2D eigenvalue weighted by molar-refractivity contribution is 0.155. The zero-order valence-electron chi connectivity index (χ0n) is 7.58. The van der Waals surface area contributed by atoms with E-state index in [1.54, 1.807) is 0 Å². The molecule has 0 aliphatic rings. The van der Waals surface area contributed by atoms with E-state index in [0.717, 1.165) is 0 Å². The number of alkyl halides is 3. The van der Waals surface area contributed by atoms with Crippen LogP contribution in [-0.4, -0.2) is 36.1 Å². The summed E-state index contributed by atoms with van der Waals surface area (Å²) in [4.78, 5) is 1.20. The fraction of sp³-hybridized carbons (Fsp3) is 0.714.